The van der Waals surface area contributed by atoms with Crippen LogP contribution in [0.3, 0.4) is 0 Å². The third kappa shape index (κ3) is 4.75. The van der Waals surface area contributed by atoms with E-state index in [4.69, 9.17) is 4.74 Å². The van der Waals surface area contributed by atoms with E-state index in [0.29, 0.717) is 22.9 Å². The lowest BCUT2D eigenvalue weighted by Crippen LogP contribution is -2.21. The zero-order valence-electron chi connectivity index (χ0n) is 22.1. The first-order valence-electron chi connectivity index (χ1n) is 12.7. The molecule has 2 N–H and O–H groups in total. The van der Waals surface area contributed by atoms with E-state index in [9.17, 15) is 22.7 Å². The maximum atomic E-state index is 14.5. The second-order valence-electron chi connectivity index (χ2n) is 9.32. The SMILES string of the molecule is COc1cccc(S(=O)(=O)c2cc(Nc3ccccn3)cc3c2c(=O)n(-c2cc(O)cc(F)c2)n3-c2ccccc2)c1. The Morgan fingerprint density at radius 1 is 0.857 bits per heavy atom. The molecular formula is C31H23FN4O5S. The summed E-state index contributed by atoms with van der Waals surface area (Å²) in [4.78, 5) is 18.2. The van der Waals surface area contributed by atoms with Crippen molar-refractivity contribution in [2.45, 2.75) is 9.79 Å². The van der Waals surface area contributed by atoms with Crippen molar-refractivity contribution in [3.05, 3.63) is 125 Å². The van der Waals surface area contributed by atoms with Crippen LogP contribution in [-0.2, 0) is 9.84 Å². The molecule has 6 aromatic rings. The second-order valence-corrected chi connectivity index (χ2v) is 11.2. The lowest BCUT2D eigenvalue weighted by molar-refractivity contribution is 0.413. The molecule has 9 nitrogen and oxygen atoms in total. The number of fused-ring (bicyclic) bond motifs is 1. The van der Waals surface area contributed by atoms with Crippen molar-refractivity contribution < 1.29 is 22.7 Å². The van der Waals surface area contributed by atoms with Crippen molar-refractivity contribution in [3.63, 3.8) is 0 Å². The van der Waals surface area contributed by atoms with Gasteiger partial charge in [0, 0.05) is 24.0 Å². The van der Waals surface area contributed by atoms with Crippen LogP contribution in [0.1, 0.15) is 0 Å². The number of anilines is 2. The fraction of sp³-hybridized carbons (Fsp3) is 0.0323. The number of methoxy groups -OCH3 is 1. The molecule has 0 unspecified atom stereocenters. The molecule has 210 valence electrons. The van der Waals surface area contributed by atoms with E-state index in [2.05, 4.69) is 10.3 Å². The molecule has 0 atom stereocenters. The van der Waals surface area contributed by atoms with E-state index in [1.54, 1.807) is 72.9 Å². The van der Waals surface area contributed by atoms with Crippen LogP contribution in [0.5, 0.6) is 11.5 Å². The smallest absolute Gasteiger partial charge is 0.280 e. The van der Waals surface area contributed by atoms with Crippen LogP contribution in [0.2, 0.25) is 0 Å². The number of hydrogen-bond donors (Lipinski definition) is 2. The van der Waals surface area contributed by atoms with Crippen molar-refractivity contribution in [1.82, 2.24) is 14.3 Å². The standard InChI is InChI=1S/C31H23FN4O5S/c1-41-25-10-7-11-26(19-25)42(39,40)28-17-21(34-29-12-5-6-13-33-29)16-27-30(28)31(38)36(23-14-20(32)15-24(37)18-23)35(27)22-8-3-2-4-9-22/h2-19,37H,1H3,(H,33,34). The normalized spacial score (nSPS) is 11.5. The van der Waals surface area contributed by atoms with Gasteiger partial charge < -0.3 is 15.2 Å². The van der Waals surface area contributed by atoms with Crippen LogP contribution in [0.25, 0.3) is 22.3 Å². The minimum atomic E-state index is -4.31. The summed E-state index contributed by atoms with van der Waals surface area (Å²) in [6.45, 7) is 0. The summed E-state index contributed by atoms with van der Waals surface area (Å²) in [5, 5.41) is 13.2. The van der Waals surface area contributed by atoms with Gasteiger partial charge in [-0.25, -0.2) is 27.2 Å². The Labute approximate surface area is 239 Å². The first kappa shape index (κ1) is 26.8. The first-order valence-corrected chi connectivity index (χ1v) is 14.2. The highest BCUT2D eigenvalue weighted by Crippen LogP contribution is 2.34. The molecule has 2 aromatic heterocycles. The third-order valence-electron chi connectivity index (χ3n) is 6.61. The molecule has 0 fully saturated rings. The van der Waals surface area contributed by atoms with E-state index in [1.165, 1.54) is 36.1 Å². The lowest BCUT2D eigenvalue weighted by atomic mass is 10.2. The Morgan fingerprint density at radius 2 is 1.64 bits per heavy atom. The summed E-state index contributed by atoms with van der Waals surface area (Å²) in [5.74, 6) is -0.402. The predicted octanol–water partition coefficient (Wildman–Crippen LogP) is 5.61. The summed E-state index contributed by atoms with van der Waals surface area (Å²) < 4.78 is 50.8. The Morgan fingerprint density at radius 3 is 2.36 bits per heavy atom. The Balaban J connectivity index is 1.75. The van der Waals surface area contributed by atoms with Crippen LogP contribution in [0.4, 0.5) is 15.9 Å². The fourth-order valence-corrected chi connectivity index (χ4v) is 6.31. The monoisotopic (exact) mass is 582 g/mol. The Bertz CT molecular complexity index is 2090. The molecule has 0 radical (unpaired) electrons. The van der Waals surface area contributed by atoms with Crippen molar-refractivity contribution in [3.8, 4) is 22.9 Å². The van der Waals surface area contributed by atoms with Crippen molar-refractivity contribution in [2.24, 2.45) is 0 Å². The van der Waals surface area contributed by atoms with Crippen molar-refractivity contribution in [1.29, 1.82) is 0 Å². The summed E-state index contributed by atoms with van der Waals surface area (Å²) >= 11 is 0. The van der Waals surface area contributed by atoms with Gasteiger partial charge in [-0.3, -0.25) is 4.79 Å². The number of nitrogens with zero attached hydrogens (tertiary/aromatic N) is 3. The number of phenols is 1. The maximum Gasteiger partial charge on any atom is 0.280 e. The predicted molar refractivity (Wildman–Crippen MR) is 156 cm³/mol. The average molecular weight is 583 g/mol. The van der Waals surface area contributed by atoms with Gasteiger partial charge in [-0.2, -0.15) is 0 Å². The topological polar surface area (TPSA) is 115 Å². The highest BCUT2D eigenvalue weighted by atomic mass is 32.2. The molecule has 0 saturated heterocycles. The summed E-state index contributed by atoms with van der Waals surface area (Å²) in [7, 11) is -2.89. The number of ether oxygens (including phenoxy) is 1. The number of pyridine rings is 1. The van der Waals surface area contributed by atoms with Crippen molar-refractivity contribution in [2.75, 3.05) is 12.4 Å². The number of sulfone groups is 1. The molecular weight excluding hydrogens is 559 g/mol. The van der Waals surface area contributed by atoms with Gasteiger partial charge in [0.05, 0.1) is 39.2 Å². The van der Waals surface area contributed by atoms with Crippen molar-refractivity contribution >= 4 is 32.2 Å². The number of benzene rings is 4. The van der Waals surface area contributed by atoms with Gasteiger partial charge in [0.25, 0.3) is 5.56 Å². The van der Waals surface area contributed by atoms with E-state index in [0.717, 1.165) is 16.8 Å². The number of para-hydroxylation sites is 1. The molecule has 42 heavy (non-hydrogen) atoms. The summed E-state index contributed by atoms with van der Waals surface area (Å²) in [6, 6.07) is 26.1. The number of aromatic nitrogens is 3. The number of nitrogens with one attached hydrogen (secondary N) is 1. The largest absolute Gasteiger partial charge is 0.508 e. The van der Waals surface area contributed by atoms with Gasteiger partial charge >= 0.3 is 0 Å². The van der Waals surface area contributed by atoms with Crippen LogP contribution in [-0.4, -0.2) is 35.0 Å². The third-order valence-corrected chi connectivity index (χ3v) is 8.38. The van der Waals surface area contributed by atoms with Gasteiger partial charge in [-0.15, -0.1) is 0 Å². The molecule has 0 aliphatic heterocycles. The molecule has 11 heteroatoms. The Hall–Kier alpha value is -5.42. The molecule has 6 rings (SSSR count). The number of rotatable bonds is 7. The average Bonchev–Trinajstić information content (AvgIpc) is 3.29. The molecule has 0 saturated carbocycles. The maximum absolute atomic E-state index is 14.5. The lowest BCUT2D eigenvalue weighted by Gasteiger charge is -2.15. The minimum absolute atomic E-state index is 0.00140. The van der Waals surface area contributed by atoms with Crippen LogP contribution in [0.15, 0.2) is 124 Å². The van der Waals surface area contributed by atoms with Crippen LogP contribution >= 0.6 is 0 Å². The minimum Gasteiger partial charge on any atom is -0.508 e. The van der Waals surface area contributed by atoms with Gasteiger partial charge in [0.15, 0.2) is 0 Å². The van der Waals surface area contributed by atoms with Gasteiger partial charge in [0.1, 0.15) is 23.1 Å². The summed E-state index contributed by atoms with van der Waals surface area (Å²) in [6.07, 6.45) is 1.58. The molecule has 0 spiro atoms. The highest BCUT2D eigenvalue weighted by molar-refractivity contribution is 7.91. The van der Waals surface area contributed by atoms with Gasteiger partial charge in [-0.05, 0) is 60.7 Å². The fourth-order valence-electron chi connectivity index (χ4n) is 4.79. The van der Waals surface area contributed by atoms with E-state index < -0.39 is 27.0 Å². The molecule has 0 aliphatic rings. The zero-order chi connectivity index (χ0) is 29.4. The van der Waals surface area contributed by atoms with Crippen LogP contribution < -0.4 is 15.6 Å². The molecule has 2 heterocycles. The number of hydrogen-bond acceptors (Lipinski definition) is 7. The first-order chi connectivity index (χ1) is 20.3. The van der Waals surface area contributed by atoms with Crippen LogP contribution in [0, 0.1) is 5.82 Å². The Kier molecular flexibility index (Phi) is 6.71. The van der Waals surface area contributed by atoms with Gasteiger partial charge in [0.2, 0.25) is 9.84 Å². The molecule has 0 aliphatic carbocycles. The summed E-state index contributed by atoms with van der Waals surface area (Å²) in [5.41, 5.74) is 0.322. The number of halogens is 1. The van der Waals surface area contributed by atoms with E-state index in [1.807, 2.05) is 0 Å². The highest BCUT2D eigenvalue weighted by Gasteiger charge is 2.28. The molecule has 0 amide bonds. The zero-order valence-corrected chi connectivity index (χ0v) is 22.9. The number of aromatic hydroxyl groups is 1. The van der Waals surface area contributed by atoms with Gasteiger partial charge in [-0.1, -0.05) is 30.3 Å². The molecule has 0 bridgehead atoms. The molecule has 4 aromatic carbocycles. The van der Waals surface area contributed by atoms with E-state index in [-0.39, 0.29) is 26.4 Å². The number of phenolic OH excluding ortho intramolecular Hbond substituents is 1. The quantitative estimate of drug-likeness (QED) is 0.252. The second kappa shape index (κ2) is 10.5. The van der Waals surface area contributed by atoms with E-state index >= 15 is 0 Å².